The Bertz CT molecular complexity index is 548. The van der Waals surface area contributed by atoms with Crippen LogP contribution in [0.5, 0.6) is 0 Å². The van der Waals surface area contributed by atoms with Crippen LogP contribution >= 0.6 is 0 Å². The highest BCUT2D eigenvalue weighted by atomic mass is 16.2. The highest BCUT2D eigenvalue weighted by Crippen LogP contribution is 2.19. The van der Waals surface area contributed by atoms with Crippen molar-refractivity contribution in [3.05, 3.63) is 34.9 Å². The Balaban J connectivity index is 2.10. The number of aliphatic hydroxyl groups is 1. The molecule has 1 aromatic rings. The van der Waals surface area contributed by atoms with Gasteiger partial charge in [0.05, 0.1) is 6.61 Å². The molecular formula is C18H23NO2. The van der Waals surface area contributed by atoms with Crippen LogP contribution in [0.2, 0.25) is 0 Å². The molecule has 0 heterocycles. The van der Waals surface area contributed by atoms with E-state index in [0.717, 1.165) is 24.0 Å². The molecule has 0 saturated heterocycles. The van der Waals surface area contributed by atoms with Crippen LogP contribution in [0.4, 0.5) is 0 Å². The van der Waals surface area contributed by atoms with Gasteiger partial charge in [0.15, 0.2) is 0 Å². The lowest BCUT2D eigenvalue weighted by atomic mass is 9.94. The Morgan fingerprint density at radius 1 is 1.33 bits per heavy atom. The number of carbonyl (C=O) groups is 1. The van der Waals surface area contributed by atoms with E-state index in [1.165, 1.54) is 19.3 Å². The standard InChI is InChI=1S/C18H23NO2/c1-14-15(8-5-6-13-20)9-7-12-17(14)18(21)19-16-10-3-2-4-11-16/h7,9,12,16,20H,2-4,6,10-11,13H2,1H3,(H,19,21). The Labute approximate surface area is 126 Å². The number of hydrogen-bond acceptors (Lipinski definition) is 2. The zero-order chi connectivity index (χ0) is 15.1. The summed E-state index contributed by atoms with van der Waals surface area (Å²) < 4.78 is 0. The largest absolute Gasteiger partial charge is 0.395 e. The maximum atomic E-state index is 12.4. The van der Waals surface area contributed by atoms with Gasteiger partial charge in [0.1, 0.15) is 0 Å². The van der Waals surface area contributed by atoms with Crippen LogP contribution in [0.1, 0.15) is 60.0 Å². The van der Waals surface area contributed by atoms with E-state index in [-0.39, 0.29) is 12.5 Å². The number of rotatable bonds is 3. The first-order chi connectivity index (χ1) is 10.2. The average Bonchev–Trinajstić information content (AvgIpc) is 2.50. The Morgan fingerprint density at radius 2 is 2.10 bits per heavy atom. The number of hydrogen-bond donors (Lipinski definition) is 2. The quantitative estimate of drug-likeness (QED) is 0.839. The van der Waals surface area contributed by atoms with Crippen LogP contribution in [0.15, 0.2) is 18.2 Å². The third-order valence-electron chi connectivity index (χ3n) is 3.98. The molecule has 2 rings (SSSR count). The van der Waals surface area contributed by atoms with Crippen molar-refractivity contribution in [2.75, 3.05) is 6.61 Å². The molecule has 2 N–H and O–H groups in total. The van der Waals surface area contributed by atoms with Gasteiger partial charge in [-0.2, -0.15) is 0 Å². The number of carbonyl (C=O) groups excluding carboxylic acids is 1. The summed E-state index contributed by atoms with van der Waals surface area (Å²) in [6.45, 7) is 1.99. The SMILES string of the molecule is Cc1c(C#CCCO)cccc1C(=O)NC1CCCCC1. The minimum atomic E-state index is 0.00482. The molecule has 1 fully saturated rings. The van der Waals surface area contributed by atoms with Crippen molar-refractivity contribution in [1.29, 1.82) is 0 Å². The van der Waals surface area contributed by atoms with E-state index in [9.17, 15) is 4.79 Å². The van der Waals surface area contributed by atoms with Crippen molar-refractivity contribution >= 4 is 5.91 Å². The topological polar surface area (TPSA) is 49.3 Å². The Kier molecular flexibility index (Phi) is 5.83. The normalized spacial score (nSPS) is 15.1. The smallest absolute Gasteiger partial charge is 0.251 e. The second-order valence-electron chi connectivity index (χ2n) is 5.56. The van der Waals surface area contributed by atoms with Gasteiger partial charge in [-0.25, -0.2) is 0 Å². The van der Waals surface area contributed by atoms with E-state index in [2.05, 4.69) is 17.2 Å². The van der Waals surface area contributed by atoms with Crippen molar-refractivity contribution in [3.8, 4) is 11.8 Å². The zero-order valence-corrected chi connectivity index (χ0v) is 12.6. The van der Waals surface area contributed by atoms with E-state index in [1.54, 1.807) is 0 Å². The first-order valence-electron chi connectivity index (χ1n) is 7.72. The highest BCUT2D eigenvalue weighted by Gasteiger charge is 2.18. The van der Waals surface area contributed by atoms with Gasteiger partial charge in [0.2, 0.25) is 0 Å². The minimum Gasteiger partial charge on any atom is -0.395 e. The molecule has 1 saturated carbocycles. The molecule has 1 aromatic carbocycles. The molecule has 112 valence electrons. The minimum absolute atomic E-state index is 0.00482. The van der Waals surface area contributed by atoms with Gasteiger partial charge in [-0.1, -0.05) is 37.2 Å². The van der Waals surface area contributed by atoms with Crippen LogP contribution in [-0.2, 0) is 0 Å². The summed E-state index contributed by atoms with van der Waals surface area (Å²) >= 11 is 0. The van der Waals surface area contributed by atoms with E-state index in [4.69, 9.17) is 5.11 Å². The molecular weight excluding hydrogens is 262 g/mol. The Morgan fingerprint density at radius 3 is 2.81 bits per heavy atom. The third kappa shape index (κ3) is 4.34. The van der Waals surface area contributed by atoms with Gasteiger partial charge in [-0.3, -0.25) is 4.79 Å². The molecule has 0 unspecified atom stereocenters. The maximum absolute atomic E-state index is 12.4. The molecule has 3 nitrogen and oxygen atoms in total. The molecule has 0 bridgehead atoms. The lowest BCUT2D eigenvalue weighted by Gasteiger charge is -2.23. The van der Waals surface area contributed by atoms with Gasteiger partial charge in [-0.15, -0.1) is 0 Å². The molecule has 0 atom stereocenters. The second-order valence-corrected chi connectivity index (χ2v) is 5.56. The first kappa shape index (κ1) is 15.6. The number of amides is 1. The van der Waals surface area contributed by atoms with Crippen LogP contribution in [0.3, 0.4) is 0 Å². The molecule has 0 radical (unpaired) electrons. The monoisotopic (exact) mass is 285 g/mol. The number of nitrogens with one attached hydrogen (secondary N) is 1. The van der Waals surface area contributed by atoms with Gasteiger partial charge < -0.3 is 10.4 Å². The fourth-order valence-electron chi connectivity index (χ4n) is 2.74. The molecule has 1 aliphatic rings. The molecule has 0 aliphatic heterocycles. The molecule has 21 heavy (non-hydrogen) atoms. The van der Waals surface area contributed by atoms with Gasteiger partial charge in [0.25, 0.3) is 5.91 Å². The van der Waals surface area contributed by atoms with Crippen LogP contribution < -0.4 is 5.32 Å². The van der Waals surface area contributed by atoms with Crippen LogP contribution in [0, 0.1) is 18.8 Å². The van der Waals surface area contributed by atoms with Gasteiger partial charge in [0, 0.05) is 23.6 Å². The van der Waals surface area contributed by atoms with Crippen molar-refractivity contribution in [3.63, 3.8) is 0 Å². The number of benzene rings is 1. The van der Waals surface area contributed by atoms with E-state index < -0.39 is 0 Å². The predicted molar refractivity (Wildman–Crippen MR) is 84.1 cm³/mol. The second kappa shape index (κ2) is 7.85. The van der Waals surface area contributed by atoms with Crippen LogP contribution in [0.25, 0.3) is 0 Å². The fourth-order valence-corrected chi connectivity index (χ4v) is 2.74. The van der Waals surface area contributed by atoms with Crippen molar-refractivity contribution < 1.29 is 9.90 Å². The fraction of sp³-hybridized carbons (Fsp3) is 0.500. The summed E-state index contributed by atoms with van der Waals surface area (Å²) in [5.74, 6) is 5.94. The first-order valence-corrected chi connectivity index (χ1v) is 7.72. The molecule has 3 heteroatoms. The van der Waals surface area contributed by atoms with E-state index >= 15 is 0 Å². The molecule has 1 amide bonds. The van der Waals surface area contributed by atoms with Crippen LogP contribution in [-0.4, -0.2) is 23.7 Å². The highest BCUT2D eigenvalue weighted by molar-refractivity contribution is 5.96. The van der Waals surface area contributed by atoms with Crippen molar-refractivity contribution in [2.24, 2.45) is 0 Å². The predicted octanol–water partition coefficient (Wildman–Crippen LogP) is 2.79. The molecule has 1 aliphatic carbocycles. The Hall–Kier alpha value is -1.79. The summed E-state index contributed by atoms with van der Waals surface area (Å²) in [6, 6.07) is 5.95. The summed E-state index contributed by atoms with van der Waals surface area (Å²) in [5, 5.41) is 11.9. The average molecular weight is 285 g/mol. The summed E-state index contributed by atoms with van der Waals surface area (Å²) in [7, 11) is 0. The molecule has 0 aromatic heterocycles. The summed E-state index contributed by atoms with van der Waals surface area (Å²) in [4.78, 5) is 12.4. The van der Waals surface area contributed by atoms with Gasteiger partial charge in [-0.05, 0) is 37.5 Å². The summed E-state index contributed by atoms with van der Waals surface area (Å²) in [5.41, 5.74) is 2.48. The van der Waals surface area contributed by atoms with E-state index in [0.29, 0.717) is 18.0 Å². The van der Waals surface area contributed by atoms with E-state index in [1.807, 2.05) is 25.1 Å². The lowest BCUT2D eigenvalue weighted by Crippen LogP contribution is -2.36. The molecule has 0 spiro atoms. The zero-order valence-electron chi connectivity index (χ0n) is 12.6. The van der Waals surface area contributed by atoms with Crippen molar-refractivity contribution in [2.45, 2.75) is 51.5 Å². The third-order valence-corrected chi connectivity index (χ3v) is 3.98. The summed E-state index contributed by atoms with van der Waals surface area (Å²) in [6.07, 6.45) is 6.31. The number of aliphatic hydroxyl groups excluding tert-OH is 1. The lowest BCUT2D eigenvalue weighted by molar-refractivity contribution is 0.0927. The van der Waals surface area contributed by atoms with Gasteiger partial charge >= 0.3 is 0 Å². The van der Waals surface area contributed by atoms with Crippen molar-refractivity contribution in [1.82, 2.24) is 5.32 Å². The maximum Gasteiger partial charge on any atom is 0.251 e.